The molecule has 0 aromatic rings. The highest BCUT2D eigenvalue weighted by Crippen LogP contribution is 1.99. The Balaban J connectivity index is 3.88. The van der Waals surface area contributed by atoms with E-state index in [4.69, 9.17) is 11.0 Å². The van der Waals surface area contributed by atoms with E-state index in [0.717, 1.165) is 13.0 Å². The van der Waals surface area contributed by atoms with Crippen LogP contribution in [0.15, 0.2) is 0 Å². The molecule has 0 aliphatic carbocycles. The van der Waals surface area contributed by atoms with Gasteiger partial charge in [-0.3, -0.25) is 4.90 Å². The minimum absolute atomic E-state index is 0.348. The zero-order valence-electron chi connectivity index (χ0n) is 8.25. The van der Waals surface area contributed by atoms with E-state index in [9.17, 15) is 0 Å². The smallest absolute Gasteiger partial charge is 0.106 e. The molecule has 0 rings (SSSR count). The summed E-state index contributed by atoms with van der Waals surface area (Å²) in [6, 6.07) is 2.17. The van der Waals surface area contributed by atoms with Gasteiger partial charge in [0.2, 0.25) is 0 Å². The van der Waals surface area contributed by atoms with E-state index < -0.39 is 0 Å². The third-order valence-corrected chi connectivity index (χ3v) is 1.84. The third-order valence-electron chi connectivity index (χ3n) is 1.84. The lowest BCUT2D eigenvalue weighted by Crippen LogP contribution is -2.40. The Morgan fingerprint density at radius 3 is 2.42 bits per heavy atom. The number of hydrogen-bond acceptors (Lipinski definition) is 3. The van der Waals surface area contributed by atoms with Crippen molar-refractivity contribution < 1.29 is 0 Å². The van der Waals surface area contributed by atoms with Gasteiger partial charge in [0.1, 0.15) is 6.04 Å². The molecule has 0 aromatic heterocycles. The molecule has 2 N–H and O–H groups in total. The van der Waals surface area contributed by atoms with Crippen molar-refractivity contribution in [1.82, 2.24) is 4.90 Å². The lowest BCUT2D eigenvalue weighted by Gasteiger charge is -2.26. The molecule has 0 amide bonds. The monoisotopic (exact) mass is 169 g/mol. The molecular weight excluding hydrogens is 150 g/mol. The Kier molecular flexibility index (Phi) is 5.69. The topological polar surface area (TPSA) is 53.0 Å². The molecule has 0 aliphatic heterocycles. The van der Waals surface area contributed by atoms with E-state index >= 15 is 0 Å². The molecule has 0 bridgehead atoms. The van der Waals surface area contributed by atoms with Crippen LogP contribution in [-0.2, 0) is 0 Å². The first-order chi connectivity index (χ1) is 5.61. The van der Waals surface area contributed by atoms with E-state index in [1.807, 2.05) is 6.07 Å². The Labute approximate surface area is 75.2 Å². The summed E-state index contributed by atoms with van der Waals surface area (Å²) in [5.74, 6) is 0. The minimum Gasteiger partial charge on any atom is -0.315 e. The molecule has 70 valence electrons. The standard InChI is InChI=1S/C9H19N3/c1-4-5-12(8(2)3)7-9(11)6-10/h8-9H,4-5,7,11H2,1-3H3. The number of hydrogen-bond donors (Lipinski definition) is 1. The molecule has 0 aliphatic rings. The van der Waals surface area contributed by atoms with Crippen molar-refractivity contribution in [3.63, 3.8) is 0 Å². The molecule has 3 heteroatoms. The first-order valence-electron chi connectivity index (χ1n) is 4.51. The second kappa shape index (κ2) is 5.99. The van der Waals surface area contributed by atoms with Gasteiger partial charge >= 0.3 is 0 Å². The largest absolute Gasteiger partial charge is 0.315 e. The van der Waals surface area contributed by atoms with Gasteiger partial charge in [-0.05, 0) is 26.8 Å². The van der Waals surface area contributed by atoms with Gasteiger partial charge in [-0.25, -0.2) is 0 Å². The second-order valence-corrected chi connectivity index (χ2v) is 3.32. The molecule has 0 saturated carbocycles. The van der Waals surface area contributed by atoms with Crippen LogP contribution < -0.4 is 5.73 Å². The van der Waals surface area contributed by atoms with Crippen molar-refractivity contribution in [2.75, 3.05) is 13.1 Å². The molecule has 0 heterocycles. The molecule has 12 heavy (non-hydrogen) atoms. The molecule has 3 nitrogen and oxygen atoms in total. The lowest BCUT2D eigenvalue weighted by atomic mass is 10.2. The molecule has 1 unspecified atom stereocenters. The maximum Gasteiger partial charge on any atom is 0.106 e. The number of nitrogens with zero attached hydrogens (tertiary/aromatic N) is 2. The summed E-state index contributed by atoms with van der Waals surface area (Å²) in [6.07, 6.45) is 1.11. The minimum atomic E-state index is -0.348. The number of nitrogens with two attached hydrogens (primary N) is 1. The van der Waals surface area contributed by atoms with Crippen molar-refractivity contribution in [2.45, 2.75) is 39.3 Å². The van der Waals surface area contributed by atoms with Gasteiger partial charge in [0, 0.05) is 12.6 Å². The van der Waals surface area contributed by atoms with Gasteiger partial charge in [0.25, 0.3) is 0 Å². The summed E-state index contributed by atoms with van der Waals surface area (Å²) in [5.41, 5.74) is 5.54. The van der Waals surface area contributed by atoms with E-state index in [2.05, 4.69) is 25.7 Å². The second-order valence-electron chi connectivity index (χ2n) is 3.32. The zero-order chi connectivity index (χ0) is 9.56. The van der Waals surface area contributed by atoms with Gasteiger partial charge in [-0.2, -0.15) is 5.26 Å². The molecular formula is C9H19N3. The van der Waals surface area contributed by atoms with Gasteiger partial charge in [0.15, 0.2) is 0 Å². The summed E-state index contributed by atoms with van der Waals surface area (Å²) in [4.78, 5) is 2.23. The molecule has 1 atom stereocenters. The number of nitriles is 1. The Morgan fingerprint density at radius 1 is 1.50 bits per heavy atom. The van der Waals surface area contributed by atoms with Crippen LogP contribution in [0.1, 0.15) is 27.2 Å². The van der Waals surface area contributed by atoms with Gasteiger partial charge in [-0.15, -0.1) is 0 Å². The lowest BCUT2D eigenvalue weighted by molar-refractivity contribution is 0.218. The van der Waals surface area contributed by atoms with Crippen molar-refractivity contribution in [1.29, 1.82) is 5.26 Å². The Hall–Kier alpha value is -0.590. The third kappa shape index (κ3) is 4.32. The van der Waals surface area contributed by atoms with Crippen LogP contribution in [-0.4, -0.2) is 30.1 Å². The average molecular weight is 169 g/mol. The maximum atomic E-state index is 8.53. The molecule has 0 radical (unpaired) electrons. The summed E-state index contributed by atoms with van der Waals surface area (Å²) in [6.45, 7) is 8.09. The van der Waals surface area contributed by atoms with Crippen LogP contribution in [0.25, 0.3) is 0 Å². The SMILES string of the molecule is CCCN(CC(N)C#N)C(C)C. The van der Waals surface area contributed by atoms with Crippen LogP contribution >= 0.6 is 0 Å². The molecule has 0 saturated heterocycles. The Bertz CT molecular complexity index is 148. The van der Waals surface area contributed by atoms with Crippen molar-refractivity contribution in [3.05, 3.63) is 0 Å². The quantitative estimate of drug-likeness (QED) is 0.667. The molecule has 0 spiro atoms. The van der Waals surface area contributed by atoms with Crippen LogP contribution in [0, 0.1) is 11.3 Å². The first-order valence-corrected chi connectivity index (χ1v) is 4.51. The van der Waals surface area contributed by atoms with Gasteiger partial charge in [0.05, 0.1) is 6.07 Å². The van der Waals surface area contributed by atoms with Crippen molar-refractivity contribution in [2.24, 2.45) is 5.73 Å². The van der Waals surface area contributed by atoms with Crippen LogP contribution in [0.5, 0.6) is 0 Å². The highest BCUT2D eigenvalue weighted by molar-refractivity contribution is 4.89. The summed E-state index contributed by atoms with van der Waals surface area (Å²) >= 11 is 0. The van der Waals surface area contributed by atoms with Crippen LogP contribution in [0.3, 0.4) is 0 Å². The fourth-order valence-electron chi connectivity index (χ4n) is 1.14. The van der Waals surface area contributed by atoms with Crippen molar-refractivity contribution in [3.8, 4) is 6.07 Å². The molecule has 0 fully saturated rings. The fourth-order valence-corrected chi connectivity index (χ4v) is 1.14. The normalized spacial score (nSPS) is 13.4. The fraction of sp³-hybridized carbons (Fsp3) is 0.889. The van der Waals surface area contributed by atoms with Crippen LogP contribution in [0.4, 0.5) is 0 Å². The maximum absolute atomic E-state index is 8.53. The van der Waals surface area contributed by atoms with E-state index in [1.165, 1.54) is 0 Å². The summed E-state index contributed by atoms with van der Waals surface area (Å²) in [5, 5.41) is 8.53. The van der Waals surface area contributed by atoms with Crippen molar-refractivity contribution >= 4 is 0 Å². The molecule has 0 aromatic carbocycles. The van der Waals surface area contributed by atoms with E-state index in [-0.39, 0.29) is 6.04 Å². The highest BCUT2D eigenvalue weighted by Gasteiger charge is 2.11. The van der Waals surface area contributed by atoms with E-state index in [1.54, 1.807) is 0 Å². The summed E-state index contributed by atoms with van der Waals surface area (Å²) < 4.78 is 0. The predicted octanol–water partition coefficient (Wildman–Crippen LogP) is 0.958. The van der Waals surface area contributed by atoms with E-state index in [0.29, 0.717) is 12.6 Å². The summed E-state index contributed by atoms with van der Waals surface area (Å²) in [7, 11) is 0. The number of rotatable bonds is 5. The Morgan fingerprint density at radius 2 is 2.08 bits per heavy atom. The van der Waals surface area contributed by atoms with Crippen LogP contribution in [0.2, 0.25) is 0 Å². The zero-order valence-corrected chi connectivity index (χ0v) is 8.25. The predicted molar refractivity (Wildman–Crippen MR) is 50.6 cm³/mol. The van der Waals surface area contributed by atoms with Gasteiger partial charge in [-0.1, -0.05) is 6.92 Å². The average Bonchev–Trinajstić information content (AvgIpc) is 2.03. The van der Waals surface area contributed by atoms with Gasteiger partial charge < -0.3 is 5.73 Å². The highest BCUT2D eigenvalue weighted by atomic mass is 15.2. The first kappa shape index (κ1) is 11.4.